The molecule has 2 rings (SSSR count). The maximum atomic E-state index is 12.6. The molecule has 0 bridgehead atoms. The fourth-order valence-electron chi connectivity index (χ4n) is 3.49. The van der Waals surface area contributed by atoms with Crippen LogP contribution in [0.5, 0.6) is 0 Å². The average molecular weight is 223 g/mol. The van der Waals surface area contributed by atoms with E-state index in [2.05, 4.69) is 13.8 Å². The monoisotopic (exact) mass is 223 g/mol. The van der Waals surface area contributed by atoms with Gasteiger partial charge in [0, 0.05) is 17.4 Å². The molecule has 0 radical (unpaired) electrons. The van der Waals surface area contributed by atoms with Gasteiger partial charge in [0.2, 0.25) is 0 Å². The largest absolute Gasteiger partial charge is 0.327 e. The number of carbonyl (C=O) groups is 1. The Balaban J connectivity index is 2.01. The molecule has 0 aromatic heterocycles. The van der Waals surface area contributed by atoms with Gasteiger partial charge in [0.25, 0.3) is 0 Å². The molecule has 16 heavy (non-hydrogen) atoms. The predicted molar refractivity (Wildman–Crippen MR) is 66.1 cm³/mol. The summed E-state index contributed by atoms with van der Waals surface area (Å²) >= 11 is 0. The molecule has 2 atom stereocenters. The number of rotatable bonds is 2. The predicted octanol–water partition coefficient (Wildman–Crippen LogP) is 2.90. The second-order valence-corrected chi connectivity index (χ2v) is 6.24. The van der Waals surface area contributed by atoms with Crippen LogP contribution in [0.2, 0.25) is 0 Å². The standard InChI is InChI=1S/C14H25NO/c1-10-5-7-11(8-6-10)13(16)14(2)9-3-4-12(14)15/h10-12H,3-9,15H2,1-2H3. The highest BCUT2D eigenvalue weighted by Crippen LogP contribution is 2.42. The lowest BCUT2D eigenvalue weighted by Crippen LogP contribution is -2.44. The van der Waals surface area contributed by atoms with Crippen molar-refractivity contribution in [2.24, 2.45) is 23.0 Å². The Kier molecular flexibility index (Phi) is 3.39. The number of Topliss-reactive ketones (excluding diaryl/α,β-unsaturated/α-hetero) is 1. The number of nitrogens with two attached hydrogens (primary N) is 1. The van der Waals surface area contributed by atoms with Crippen LogP contribution in [0.3, 0.4) is 0 Å². The summed E-state index contributed by atoms with van der Waals surface area (Å²) in [4.78, 5) is 12.6. The van der Waals surface area contributed by atoms with E-state index in [9.17, 15) is 4.79 Å². The van der Waals surface area contributed by atoms with E-state index >= 15 is 0 Å². The molecule has 0 aromatic carbocycles. The van der Waals surface area contributed by atoms with Crippen molar-refractivity contribution in [2.45, 2.75) is 64.8 Å². The fraction of sp³-hybridized carbons (Fsp3) is 0.929. The summed E-state index contributed by atoms with van der Waals surface area (Å²) in [6, 6.07) is 0.111. The highest BCUT2D eigenvalue weighted by molar-refractivity contribution is 5.87. The molecule has 0 amide bonds. The summed E-state index contributed by atoms with van der Waals surface area (Å²) in [7, 11) is 0. The lowest BCUT2D eigenvalue weighted by molar-refractivity contribution is -0.133. The average Bonchev–Trinajstić information content (AvgIpc) is 2.61. The third-order valence-corrected chi connectivity index (χ3v) is 4.98. The van der Waals surface area contributed by atoms with E-state index in [4.69, 9.17) is 5.73 Å². The lowest BCUT2D eigenvalue weighted by Gasteiger charge is -2.34. The highest BCUT2D eigenvalue weighted by Gasteiger charge is 2.45. The minimum Gasteiger partial charge on any atom is -0.327 e. The molecule has 2 saturated carbocycles. The quantitative estimate of drug-likeness (QED) is 0.782. The Hall–Kier alpha value is -0.370. The molecule has 92 valence electrons. The zero-order chi connectivity index (χ0) is 11.8. The van der Waals surface area contributed by atoms with Gasteiger partial charge >= 0.3 is 0 Å². The van der Waals surface area contributed by atoms with Crippen molar-refractivity contribution in [3.63, 3.8) is 0 Å². The molecular weight excluding hydrogens is 198 g/mol. The van der Waals surface area contributed by atoms with Crippen molar-refractivity contribution in [3.05, 3.63) is 0 Å². The summed E-state index contributed by atoms with van der Waals surface area (Å²) in [6.45, 7) is 4.40. The molecule has 0 spiro atoms. The molecular formula is C14H25NO. The van der Waals surface area contributed by atoms with Crippen LogP contribution in [0, 0.1) is 17.3 Å². The molecule has 2 aliphatic carbocycles. The van der Waals surface area contributed by atoms with Crippen LogP contribution in [0.15, 0.2) is 0 Å². The lowest BCUT2D eigenvalue weighted by atomic mass is 9.70. The van der Waals surface area contributed by atoms with Crippen molar-refractivity contribution in [2.75, 3.05) is 0 Å². The first-order chi connectivity index (χ1) is 7.54. The zero-order valence-corrected chi connectivity index (χ0v) is 10.7. The van der Waals surface area contributed by atoms with E-state index in [1.165, 1.54) is 12.8 Å². The highest BCUT2D eigenvalue weighted by atomic mass is 16.1. The third kappa shape index (κ3) is 2.04. The van der Waals surface area contributed by atoms with Gasteiger partial charge in [-0.2, -0.15) is 0 Å². The van der Waals surface area contributed by atoms with Crippen molar-refractivity contribution in [3.8, 4) is 0 Å². The molecule has 0 aromatic rings. The van der Waals surface area contributed by atoms with E-state index in [0.717, 1.165) is 38.0 Å². The first-order valence-electron chi connectivity index (χ1n) is 6.84. The number of carbonyl (C=O) groups excluding carboxylic acids is 1. The minimum absolute atomic E-state index is 0.111. The summed E-state index contributed by atoms with van der Waals surface area (Å²) < 4.78 is 0. The first-order valence-corrected chi connectivity index (χ1v) is 6.84. The van der Waals surface area contributed by atoms with Crippen molar-refractivity contribution in [1.29, 1.82) is 0 Å². The van der Waals surface area contributed by atoms with Gasteiger partial charge < -0.3 is 5.73 Å². The van der Waals surface area contributed by atoms with Gasteiger partial charge in [-0.25, -0.2) is 0 Å². The van der Waals surface area contributed by atoms with Crippen molar-refractivity contribution >= 4 is 5.78 Å². The topological polar surface area (TPSA) is 43.1 Å². The van der Waals surface area contributed by atoms with E-state index in [1.54, 1.807) is 0 Å². The van der Waals surface area contributed by atoms with Crippen LogP contribution in [0.1, 0.15) is 58.8 Å². The Morgan fingerprint density at radius 2 is 1.81 bits per heavy atom. The van der Waals surface area contributed by atoms with E-state index in [-0.39, 0.29) is 11.5 Å². The summed E-state index contributed by atoms with van der Waals surface area (Å²) in [5, 5.41) is 0. The Morgan fingerprint density at radius 1 is 1.19 bits per heavy atom. The molecule has 2 N–H and O–H groups in total. The van der Waals surface area contributed by atoms with Gasteiger partial charge in [-0.3, -0.25) is 4.79 Å². The molecule has 2 nitrogen and oxygen atoms in total. The maximum absolute atomic E-state index is 12.6. The Morgan fingerprint density at radius 3 is 2.31 bits per heavy atom. The molecule has 0 aliphatic heterocycles. The normalized spacial score (nSPS) is 44.6. The fourth-order valence-corrected chi connectivity index (χ4v) is 3.49. The summed E-state index contributed by atoms with van der Waals surface area (Å²) in [5.41, 5.74) is 5.92. The summed E-state index contributed by atoms with van der Waals surface area (Å²) in [5.74, 6) is 1.60. The van der Waals surface area contributed by atoms with Gasteiger partial charge in [-0.1, -0.05) is 33.1 Å². The van der Waals surface area contributed by atoms with E-state index < -0.39 is 0 Å². The van der Waals surface area contributed by atoms with Crippen LogP contribution in [-0.4, -0.2) is 11.8 Å². The smallest absolute Gasteiger partial charge is 0.143 e. The molecule has 0 saturated heterocycles. The van der Waals surface area contributed by atoms with Crippen molar-refractivity contribution < 1.29 is 4.79 Å². The molecule has 2 fully saturated rings. The zero-order valence-electron chi connectivity index (χ0n) is 10.7. The minimum atomic E-state index is -0.203. The Labute approximate surface area is 99.0 Å². The van der Waals surface area contributed by atoms with Gasteiger partial charge in [-0.05, 0) is 31.6 Å². The second kappa shape index (κ2) is 4.48. The van der Waals surface area contributed by atoms with Crippen molar-refractivity contribution in [1.82, 2.24) is 0 Å². The van der Waals surface area contributed by atoms with Gasteiger partial charge in [0.1, 0.15) is 5.78 Å². The maximum Gasteiger partial charge on any atom is 0.143 e. The molecule has 2 unspecified atom stereocenters. The van der Waals surface area contributed by atoms with Crippen LogP contribution in [0.4, 0.5) is 0 Å². The third-order valence-electron chi connectivity index (χ3n) is 4.98. The van der Waals surface area contributed by atoms with Crippen LogP contribution < -0.4 is 5.73 Å². The molecule has 2 heteroatoms. The summed E-state index contributed by atoms with van der Waals surface area (Å²) in [6.07, 6.45) is 7.82. The number of hydrogen-bond donors (Lipinski definition) is 1. The van der Waals surface area contributed by atoms with Crippen LogP contribution >= 0.6 is 0 Å². The number of hydrogen-bond acceptors (Lipinski definition) is 2. The SMILES string of the molecule is CC1CCC(C(=O)C2(C)CCCC2N)CC1. The van der Waals surface area contributed by atoms with Crippen LogP contribution in [0.25, 0.3) is 0 Å². The van der Waals surface area contributed by atoms with Gasteiger partial charge in [0.05, 0.1) is 0 Å². The van der Waals surface area contributed by atoms with E-state index in [1.807, 2.05) is 0 Å². The van der Waals surface area contributed by atoms with Gasteiger partial charge in [0.15, 0.2) is 0 Å². The second-order valence-electron chi connectivity index (χ2n) is 6.24. The molecule has 2 aliphatic rings. The van der Waals surface area contributed by atoms with Gasteiger partial charge in [-0.15, -0.1) is 0 Å². The number of ketones is 1. The molecule has 0 heterocycles. The first kappa shape index (κ1) is 12.1. The van der Waals surface area contributed by atoms with Crippen LogP contribution in [-0.2, 0) is 4.79 Å². The van der Waals surface area contributed by atoms with E-state index in [0.29, 0.717) is 11.7 Å². The Bertz CT molecular complexity index is 268.